The smallest absolute Gasteiger partial charge is 1.00 e. The van der Waals surface area contributed by atoms with Crippen molar-refractivity contribution >= 4 is 13.5 Å². The largest absolute Gasteiger partial charge is 1.00 e. The van der Waals surface area contributed by atoms with Crippen LogP contribution in [0, 0.1) is 10.1 Å². The zero-order valence-corrected chi connectivity index (χ0v) is 10.6. The molecule has 0 atom stereocenters. The number of nitro benzene ring substituents is 1. The molecule has 1 aromatic carbocycles. The summed E-state index contributed by atoms with van der Waals surface area (Å²) in [5, 5.41) is 10.4. The van der Waals surface area contributed by atoms with Crippen LogP contribution in [0.15, 0.2) is 24.3 Å². The number of hydrogen-bond donors (Lipinski definition) is 2. The summed E-state index contributed by atoms with van der Waals surface area (Å²) in [6.45, 7) is 0. The van der Waals surface area contributed by atoms with Crippen molar-refractivity contribution in [1.29, 1.82) is 0 Å². The Morgan fingerprint density at radius 2 is 1.93 bits per heavy atom. The summed E-state index contributed by atoms with van der Waals surface area (Å²) in [5.41, 5.74) is -0.490. The number of phosphoric ester groups is 1. The van der Waals surface area contributed by atoms with Gasteiger partial charge < -0.3 is 5.95 Å². The molecule has 0 saturated carbocycles. The van der Waals surface area contributed by atoms with Crippen molar-refractivity contribution in [2.75, 3.05) is 0 Å². The third-order valence-corrected chi connectivity index (χ3v) is 1.71. The molecule has 0 radical (unpaired) electrons. The molecule has 0 bridgehead atoms. The Morgan fingerprint density at radius 1 is 1.40 bits per heavy atom. The summed E-state index contributed by atoms with van der Waals surface area (Å²) < 4.78 is 14.5. The van der Waals surface area contributed by atoms with Gasteiger partial charge in [0.1, 0.15) is 0 Å². The fraction of sp³-hybridized carbons (Fsp3) is 0. The molecule has 0 heterocycles. The van der Waals surface area contributed by atoms with E-state index in [9.17, 15) is 14.7 Å². The van der Waals surface area contributed by atoms with Crippen LogP contribution in [0.2, 0.25) is 0 Å². The van der Waals surface area contributed by atoms with E-state index in [1.165, 1.54) is 12.1 Å². The molecular weight excluding hydrogens is 236 g/mol. The molecule has 0 aromatic heterocycles. The third kappa shape index (κ3) is 4.74. The van der Waals surface area contributed by atoms with Gasteiger partial charge in [-0.2, -0.15) is 0 Å². The average Bonchev–Trinajstić information content (AvgIpc) is 2.01. The van der Waals surface area contributed by atoms with Crippen LogP contribution in [0.3, 0.4) is 0 Å². The van der Waals surface area contributed by atoms with Gasteiger partial charge in [-0.1, -0.05) is 12.1 Å². The van der Waals surface area contributed by atoms with Gasteiger partial charge in [0, 0.05) is 6.07 Å². The second kappa shape index (κ2) is 5.60. The Bertz CT molecular complexity index is 410. The van der Waals surface area contributed by atoms with Gasteiger partial charge in [0.25, 0.3) is 0 Å². The molecule has 0 aliphatic heterocycles. The number of phosphoric acid groups is 1. The van der Waals surface area contributed by atoms with Crippen molar-refractivity contribution in [3.05, 3.63) is 34.4 Å². The zero-order valence-electron chi connectivity index (χ0n) is 8.73. The standard InChI is InChI=1S/C6H6NO6P.Na.H/c8-7(9)5-3-1-2-4-6(5)13-14(10,11)12;;/h1-4H,(H2,10,11,12);;/q;+1;-1. The zero-order chi connectivity index (χ0) is 10.8. The summed E-state index contributed by atoms with van der Waals surface area (Å²) in [5.74, 6) is -0.453. The van der Waals surface area contributed by atoms with Gasteiger partial charge in [0.2, 0.25) is 5.75 Å². The maximum absolute atomic E-state index is 10.4. The van der Waals surface area contributed by atoms with E-state index in [0.717, 1.165) is 12.1 Å². The van der Waals surface area contributed by atoms with Gasteiger partial charge in [-0.05, 0) is 6.07 Å². The number of para-hydroxylation sites is 2. The van der Waals surface area contributed by atoms with E-state index in [1.807, 2.05) is 0 Å². The molecular formula is C6H7NNaO6P. The quantitative estimate of drug-likeness (QED) is 0.280. The normalized spacial score (nSPS) is 10.3. The molecule has 0 aliphatic carbocycles. The summed E-state index contributed by atoms with van der Waals surface area (Å²) in [7, 11) is -4.76. The maximum atomic E-state index is 10.4. The Hall–Kier alpha value is -0.430. The topological polar surface area (TPSA) is 110 Å². The summed E-state index contributed by atoms with van der Waals surface area (Å²) in [6, 6.07) is 4.94. The maximum Gasteiger partial charge on any atom is 1.00 e. The van der Waals surface area contributed by atoms with E-state index in [2.05, 4.69) is 4.52 Å². The predicted octanol–water partition coefficient (Wildman–Crippen LogP) is -1.82. The van der Waals surface area contributed by atoms with E-state index >= 15 is 0 Å². The molecule has 1 aromatic rings. The van der Waals surface area contributed by atoms with E-state index in [-0.39, 0.29) is 31.0 Å². The summed E-state index contributed by atoms with van der Waals surface area (Å²) >= 11 is 0. The van der Waals surface area contributed by atoms with Crippen molar-refractivity contribution in [3.63, 3.8) is 0 Å². The molecule has 0 aliphatic rings. The van der Waals surface area contributed by atoms with Crippen LogP contribution < -0.4 is 34.1 Å². The fourth-order valence-electron chi connectivity index (χ4n) is 0.813. The minimum Gasteiger partial charge on any atom is -1.00 e. The molecule has 78 valence electrons. The Kier molecular flexibility index (Phi) is 5.44. The van der Waals surface area contributed by atoms with E-state index in [4.69, 9.17) is 9.79 Å². The summed E-state index contributed by atoms with van der Waals surface area (Å²) in [4.78, 5) is 26.5. The van der Waals surface area contributed by atoms with Crippen molar-refractivity contribution in [1.82, 2.24) is 0 Å². The van der Waals surface area contributed by atoms with E-state index in [1.54, 1.807) is 0 Å². The number of rotatable bonds is 3. The van der Waals surface area contributed by atoms with Gasteiger partial charge in [0.05, 0.1) is 4.92 Å². The van der Waals surface area contributed by atoms with Gasteiger partial charge in [-0.25, -0.2) is 4.57 Å². The Morgan fingerprint density at radius 3 is 2.40 bits per heavy atom. The average molecular weight is 243 g/mol. The molecule has 2 N–H and O–H groups in total. The van der Waals surface area contributed by atoms with E-state index < -0.39 is 24.2 Å². The second-order valence-corrected chi connectivity index (χ2v) is 3.47. The molecule has 15 heavy (non-hydrogen) atoms. The van der Waals surface area contributed by atoms with Gasteiger partial charge in [-0.15, -0.1) is 0 Å². The first kappa shape index (κ1) is 14.6. The van der Waals surface area contributed by atoms with Crippen molar-refractivity contribution in [2.45, 2.75) is 0 Å². The second-order valence-electron chi connectivity index (χ2n) is 2.31. The Balaban J connectivity index is 0. The van der Waals surface area contributed by atoms with Crippen molar-refractivity contribution in [2.24, 2.45) is 0 Å². The SMILES string of the molecule is O=[N+]([O-])c1ccccc1OP(=O)(O)O.[H-].[Na+]. The van der Waals surface area contributed by atoms with Crippen LogP contribution >= 0.6 is 7.82 Å². The van der Waals surface area contributed by atoms with Crippen LogP contribution in [0.5, 0.6) is 5.75 Å². The molecule has 9 heteroatoms. The van der Waals surface area contributed by atoms with Gasteiger partial charge >= 0.3 is 43.1 Å². The van der Waals surface area contributed by atoms with Crippen LogP contribution in [-0.4, -0.2) is 14.7 Å². The van der Waals surface area contributed by atoms with Crippen molar-refractivity contribution in [3.8, 4) is 5.75 Å². The minimum absolute atomic E-state index is 0. The predicted molar refractivity (Wildman–Crippen MR) is 46.9 cm³/mol. The molecule has 0 saturated heterocycles. The molecule has 0 spiro atoms. The van der Waals surface area contributed by atoms with Crippen LogP contribution in [0.4, 0.5) is 5.69 Å². The van der Waals surface area contributed by atoms with Crippen LogP contribution in [-0.2, 0) is 4.57 Å². The number of hydrogen-bond acceptors (Lipinski definition) is 4. The number of nitro groups is 1. The Labute approximate surface area is 108 Å². The van der Waals surface area contributed by atoms with Crippen LogP contribution in [0.25, 0.3) is 0 Å². The van der Waals surface area contributed by atoms with Crippen LogP contribution in [0.1, 0.15) is 1.43 Å². The molecule has 0 amide bonds. The summed E-state index contributed by atoms with van der Waals surface area (Å²) in [6.07, 6.45) is 0. The first-order valence-corrected chi connectivity index (χ1v) is 4.92. The minimum atomic E-state index is -4.76. The first-order chi connectivity index (χ1) is 6.40. The van der Waals surface area contributed by atoms with E-state index in [0.29, 0.717) is 0 Å². The third-order valence-electron chi connectivity index (χ3n) is 1.28. The first-order valence-electron chi connectivity index (χ1n) is 3.39. The molecule has 0 fully saturated rings. The number of benzene rings is 1. The molecule has 0 unspecified atom stereocenters. The van der Waals surface area contributed by atoms with Gasteiger partial charge in [0.15, 0.2) is 0 Å². The molecule has 1 rings (SSSR count). The fourth-order valence-corrected chi connectivity index (χ4v) is 1.22. The van der Waals surface area contributed by atoms with Gasteiger partial charge in [-0.3, -0.25) is 19.9 Å². The number of nitrogens with zero attached hydrogens (tertiary/aromatic N) is 1. The molecule has 7 nitrogen and oxygen atoms in total. The van der Waals surface area contributed by atoms with Crippen molar-refractivity contribution < 1.29 is 54.8 Å². The monoisotopic (exact) mass is 243 g/mol.